The monoisotopic (exact) mass is 426 g/mol. The smallest absolute Gasteiger partial charge is 0.305 e. The highest BCUT2D eigenvalue weighted by Crippen LogP contribution is 2.18. The Morgan fingerprint density at radius 2 is 0.933 bits per heavy atom. The lowest BCUT2D eigenvalue weighted by atomic mass is 9.97. The van der Waals surface area contributed by atoms with Crippen LogP contribution in [0.2, 0.25) is 0 Å². The molecule has 0 amide bonds. The van der Waals surface area contributed by atoms with Crippen LogP contribution in [0.4, 0.5) is 0 Å². The summed E-state index contributed by atoms with van der Waals surface area (Å²) < 4.78 is 11.0. The fourth-order valence-corrected chi connectivity index (χ4v) is 3.91. The van der Waals surface area contributed by atoms with Crippen molar-refractivity contribution in [3.8, 4) is 0 Å². The van der Waals surface area contributed by atoms with Crippen LogP contribution >= 0.6 is 0 Å². The molecule has 2 atom stereocenters. The standard InChI is InChI=1S/C26H50O4/c1-5-9-11-17-23(15-7-3)21-29-25(27)19-13-14-20-26(28)30-22-24(16-8-4)18-12-10-6-2/h23-24H,5-22H2,1-4H3. The summed E-state index contributed by atoms with van der Waals surface area (Å²) in [5, 5.41) is 0. The molecule has 0 aliphatic heterocycles. The molecule has 2 unspecified atom stereocenters. The molecule has 0 saturated carbocycles. The van der Waals surface area contributed by atoms with Gasteiger partial charge in [-0.15, -0.1) is 0 Å². The van der Waals surface area contributed by atoms with Gasteiger partial charge in [-0.25, -0.2) is 0 Å². The van der Waals surface area contributed by atoms with E-state index in [4.69, 9.17) is 9.47 Å². The summed E-state index contributed by atoms with van der Waals surface area (Å²) >= 11 is 0. The van der Waals surface area contributed by atoms with E-state index in [0.717, 1.165) is 38.5 Å². The number of rotatable bonds is 21. The molecule has 0 heterocycles. The lowest BCUT2D eigenvalue weighted by molar-refractivity contribution is -0.147. The van der Waals surface area contributed by atoms with Crippen LogP contribution in [0.5, 0.6) is 0 Å². The highest BCUT2D eigenvalue weighted by molar-refractivity contribution is 5.70. The van der Waals surface area contributed by atoms with Crippen LogP contribution in [0, 0.1) is 11.8 Å². The maximum Gasteiger partial charge on any atom is 0.305 e. The minimum atomic E-state index is -0.126. The first-order chi connectivity index (χ1) is 14.6. The van der Waals surface area contributed by atoms with E-state index < -0.39 is 0 Å². The van der Waals surface area contributed by atoms with Gasteiger partial charge in [0.25, 0.3) is 0 Å². The SMILES string of the molecule is CCCCCC(CCC)COC(=O)CCCCC(=O)OCC(CCC)CCCCC. The van der Waals surface area contributed by atoms with E-state index in [1.807, 2.05) is 0 Å². The second-order valence-electron chi connectivity index (χ2n) is 8.87. The van der Waals surface area contributed by atoms with Gasteiger partial charge in [0, 0.05) is 12.8 Å². The van der Waals surface area contributed by atoms with Crippen molar-refractivity contribution < 1.29 is 19.1 Å². The van der Waals surface area contributed by atoms with E-state index in [-0.39, 0.29) is 11.9 Å². The van der Waals surface area contributed by atoms with Crippen LogP contribution in [-0.2, 0) is 19.1 Å². The van der Waals surface area contributed by atoms with Crippen LogP contribution in [-0.4, -0.2) is 25.2 Å². The van der Waals surface area contributed by atoms with Crippen molar-refractivity contribution in [3.05, 3.63) is 0 Å². The molecule has 0 fully saturated rings. The third-order valence-corrected chi connectivity index (χ3v) is 5.80. The molecule has 4 heteroatoms. The van der Waals surface area contributed by atoms with Gasteiger partial charge in [-0.2, -0.15) is 0 Å². The molecule has 0 saturated heterocycles. The minimum absolute atomic E-state index is 0.126. The predicted octanol–water partition coefficient (Wildman–Crippen LogP) is 7.63. The summed E-state index contributed by atoms with van der Waals surface area (Å²) in [5.41, 5.74) is 0. The summed E-state index contributed by atoms with van der Waals surface area (Å²) in [5.74, 6) is 0.737. The largest absolute Gasteiger partial charge is 0.465 e. The molecule has 0 bridgehead atoms. The summed E-state index contributed by atoms with van der Waals surface area (Å²) in [6.07, 6.45) is 16.4. The van der Waals surface area contributed by atoms with Gasteiger partial charge in [0.2, 0.25) is 0 Å². The minimum Gasteiger partial charge on any atom is -0.465 e. The number of unbranched alkanes of at least 4 members (excludes halogenated alkanes) is 5. The van der Waals surface area contributed by atoms with E-state index in [9.17, 15) is 9.59 Å². The first-order valence-electron chi connectivity index (χ1n) is 12.9. The second kappa shape index (κ2) is 21.2. The van der Waals surface area contributed by atoms with E-state index >= 15 is 0 Å². The average molecular weight is 427 g/mol. The Balaban J connectivity index is 3.89. The highest BCUT2D eigenvalue weighted by Gasteiger charge is 2.13. The van der Waals surface area contributed by atoms with E-state index in [1.165, 1.54) is 38.5 Å². The topological polar surface area (TPSA) is 52.6 Å². The Morgan fingerprint density at radius 1 is 0.533 bits per heavy atom. The number of carbonyl (C=O) groups excluding carboxylic acids is 2. The van der Waals surface area contributed by atoms with Crippen molar-refractivity contribution in [1.82, 2.24) is 0 Å². The maximum absolute atomic E-state index is 12.0. The van der Waals surface area contributed by atoms with Gasteiger partial charge < -0.3 is 9.47 Å². The summed E-state index contributed by atoms with van der Waals surface area (Å²) in [7, 11) is 0. The normalized spacial score (nSPS) is 13.1. The van der Waals surface area contributed by atoms with Crippen LogP contribution in [0.25, 0.3) is 0 Å². The number of ether oxygens (including phenoxy) is 2. The molecule has 0 radical (unpaired) electrons. The van der Waals surface area contributed by atoms with Crippen molar-refractivity contribution in [2.45, 2.75) is 130 Å². The fourth-order valence-electron chi connectivity index (χ4n) is 3.91. The molecule has 0 aliphatic rings. The molecule has 0 aromatic carbocycles. The molecule has 4 nitrogen and oxygen atoms in total. The molecular formula is C26H50O4. The zero-order valence-electron chi connectivity index (χ0n) is 20.5. The zero-order valence-corrected chi connectivity index (χ0v) is 20.5. The first-order valence-corrected chi connectivity index (χ1v) is 12.9. The van der Waals surface area contributed by atoms with Gasteiger partial charge in [0.15, 0.2) is 0 Å². The molecule has 0 N–H and O–H groups in total. The summed E-state index contributed by atoms with van der Waals surface area (Å²) in [6.45, 7) is 9.89. The van der Waals surface area contributed by atoms with E-state index in [1.54, 1.807) is 0 Å². The Bertz CT molecular complexity index is 370. The van der Waals surface area contributed by atoms with Gasteiger partial charge in [-0.05, 0) is 50.4 Å². The molecule has 0 rings (SSSR count). The van der Waals surface area contributed by atoms with Gasteiger partial charge in [-0.3, -0.25) is 9.59 Å². The van der Waals surface area contributed by atoms with Gasteiger partial charge >= 0.3 is 11.9 Å². The maximum atomic E-state index is 12.0. The Labute approximate surface area is 186 Å². The van der Waals surface area contributed by atoms with Gasteiger partial charge in [0.05, 0.1) is 13.2 Å². The molecule has 178 valence electrons. The average Bonchev–Trinajstić information content (AvgIpc) is 2.73. The van der Waals surface area contributed by atoms with Crippen LogP contribution in [0.15, 0.2) is 0 Å². The Hall–Kier alpha value is -1.06. The molecule has 0 aliphatic carbocycles. The number of hydrogen-bond acceptors (Lipinski definition) is 4. The molecular weight excluding hydrogens is 376 g/mol. The van der Waals surface area contributed by atoms with Gasteiger partial charge in [0.1, 0.15) is 0 Å². The molecule has 30 heavy (non-hydrogen) atoms. The molecule has 0 spiro atoms. The van der Waals surface area contributed by atoms with Crippen LogP contribution in [0.3, 0.4) is 0 Å². The third kappa shape index (κ3) is 17.8. The van der Waals surface area contributed by atoms with Crippen LogP contribution < -0.4 is 0 Å². The summed E-state index contributed by atoms with van der Waals surface area (Å²) in [4.78, 5) is 24.0. The van der Waals surface area contributed by atoms with Crippen molar-refractivity contribution in [1.29, 1.82) is 0 Å². The predicted molar refractivity (Wildman–Crippen MR) is 125 cm³/mol. The lowest BCUT2D eigenvalue weighted by Crippen LogP contribution is -2.15. The fraction of sp³-hybridized carbons (Fsp3) is 0.923. The lowest BCUT2D eigenvalue weighted by Gasteiger charge is -2.16. The number of hydrogen-bond donors (Lipinski definition) is 0. The van der Waals surface area contributed by atoms with Crippen molar-refractivity contribution in [2.75, 3.05) is 13.2 Å². The Kier molecular flexibility index (Phi) is 20.4. The van der Waals surface area contributed by atoms with Crippen molar-refractivity contribution >= 4 is 11.9 Å². The van der Waals surface area contributed by atoms with Crippen molar-refractivity contribution in [2.24, 2.45) is 11.8 Å². The molecule has 0 aromatic heterocycles. The summed E-state index contributed by atoms with van der Waals surface area (Å²) in [6, 6.07) is 0. The number of carbonyl (C=O) groups is 2. The third-order valence-electron chi connectivity index (χ3n) is 5.80. The van der Waals surface area contributed by atoms with E-state index in [0.29, 0.717) is 50.7 Å². The van der Waals surface area contributed by atoms with Crippen molar-refractivity contribution in [3.63, 3.8) is 0 Å². The second-order valence-corrected chi connectivity index (χ2v) is 8.87. The Morgan fingerprint density at radius 3 is 1.27 bits per heavy atom. The van der Waals surface area contributed by atoms with E-state index in [2.05, 4.69) is 27.7 Å². The van der Waals surface area contributed by atoms with Gasteiger partial charge in [-0.1, -0.05) is 79.1 Å². The first kappa shape index (κ1) is 28.9. The number of esters is 2. The van der Waals surface area contributed by atoms with Crippen LogP contribution in [0.1, 0.15) is 130 Å². The highest BCUT2D eigenvalue weighted by atomic mass is 16.5. The zero-order chi connectivity index (χ0) is 22.5. The molecule has 0 aromatic rings. The quantitative estimate of drug-likeness (QED) is 0.140.